The fraction of sp³-hybridized carbons (Fsp3) is 0.300. The molecule has 0 unspecified atom stereocenters. The fourth-order valence-electron chi connectivity index (χ4n) is 1.35. The first-order valence-corrected chi connectivity index (χ1v) is 5.06. The maximum absolute atomic E-state index is 11.7. The number of rotatable bonds is 2. The minimum absolute atomic E-state index is 0.0192. The largest absolute Gasteiger partial charge is 0.369 e. The molecule has 2 aromatic heterocycles. The van der Waals surface area contributed by atoms with Crippen LogP contribution in [0.5, 0.6) is 0 Å². The molecule has 0 amide bonds. The zero-order valence-corrected chi connectivity index (χ0v) is 9.39. The molecule has 3 N–H and O–H groups in total. The summed E-state index contributed by atoms with van der Waals surface area (Å²) in [6.45, 7) is 3.50. The Morgan fingerprint density at radius 1 is 1.41 bits per heavy atom. The molecule has 0 aromatic carbocycles. The molecule has 2 aromatic rings. The molecule has 7 heteroatoms. The lowest BCUT2D eigenvalue weighted by Gasteiger charge is -2.03. The highest BCUT2D eigenvalue weighted by Crippen LogP contribution is 2.07. The molecule has 0 bridgehead atoms. The van der Waals surface area contributed by atoms with Crippen LogP contribution in [0.15, 0.2) is 11.0 Å². The number of nitrogens with zero attached hydrogens (tertiary/aromatic N) is 3. The predicted octanol–water partition coefficient (Wildman–Crippen LogP) is 0.134. The van der Waals surface area contributed by atoms with Crippen LogP contribution < -0.4 is 11.3 Å². The lowest BCUT2D eigenvalue weighted by molar-refractivity contribution is 0.0934. The summed E-state index contributed by atoms with van der Waals surface area (Å²) in [6, 6.07) is 0. The summed E-state index contributed by atoms with van der Waals surface area (Å²) in [4.78, 5) is 37.3. The Labute approximate surface area is 96.1 Å². The monoisotopic (exact) mass is 233 g/mol. The van der Waals surface area contributed by atoms with Crippen molar-refractivity contribution >= 4 is 22.9 Å². The molecule has 88 valence electrons. The maximum atomic E-state index is 11.7. The molecule has 0 aliphatic carbocycles. The Balaban J connectivity index is 2.66. The van der Waals surface area contributed by atoms with Crippen molar-refractivity contribution in [3.8, 4) is 0 Å². The number of nitrogen functional groups attached to an aromatic ring is 1. The van der Waals surface area contributed by atoms with E-state index in [1.807, 2.05) is 0 Å². The van der Waals surface area contributed by atoms with Gasteiger partial charge >= 0.3 is 0 Å². The number of carbonyl (C=O) groups excluding carboxylic acids is 1. The molecule has 0 fully saturated rings. The van der Waals surface area contributed by atoms with Crippen LogP contribution in [0.4, 0.5) is 5.95 Å². The van der Waals surface area contributed by atoms with Gasteiger partial charge in [0.15, 0.2) is 16.9 Å². The average molecular weight is 233 g/mol. The SMILES string of the molecule is CC(C)C(=O)c1cnc2nc(N)[nH]c(=O)c2n1. The maximum Gasteiger partial charge on any atom is 0.280 e. The van der Waals surface area contributed by atoms with Gasteiger partial charge in [-0.1, -0.05) is 13.8 Å². The molecule has 2 rings (SSSR count). The van der Waals surface area contributed by atoms with E-state index in [9.17, 15) is 9.59 Å². The van der Waals surface area contributed by atoms with Crippen LogP contribution in [0.25, 0.3) is 11.2 Å². The Hall–Kier alpha value is -2.31. The van der Waals surface area contributed by atoms with E-state index in [0.717, 1.165) is 0 Å². The third-order valence-corrected chi connectivity index (χ3v) is 2.21. The number of carbonyl (C=O) groups is 1. The number of nitrogens with one attached hydrogen (secondary N) is 1. The van der Waals surface area contributed by atoms with Gasteiger partial charge in [0, 0.05) is 5.92 Å². The number of anilines is 1. The third kappa shape index (κ3) is 1.99. The van der Waals surface area contributed by atoms with E-state index in [-0.39, 0.29) is 34.5 Å². The van der Waals surface area contributed by atoms with E-state index in [4.69, 9.17) is 5.73 Å². The summed E-state index contributed by atoms with van der Waals surface area (Å²) in [5.74, 6) is -0.405. The number of hydrogen-bond donors (Lipinski definition) is 2. The van der Waals surface area contributed by atoms with Crippen molar-refractivity contribution < 1.29 is 4.79 Å². The molecule has 0 spiro atoms. The van der Waals surface area contributed by atoms with Crippen molar-refractivity contribution in [1.82, 2.24) is 19.9 Å². The van der Waals surface area contributed by atoms with Crippen LogP contribution in [-0.4, -0.2) is 25.7 Å². The lowest BCUT2D eigenvalue weighted by Crippen LogP contribution is -2.17. The second-order valence-electron chi connectivity index (χ2n) is 3.90. The van der Waals surface area contributed by atoms with E-state index >= 15 is 0 Å². The topological polar surface area (TPSA) is 115 Å². The van der Waals surface area contributed by atoms with Crippen LogP contribution in [0, 0.1) is 5.92 Å². The van der Waals surface area contributed by atoms with Gasteiger partial charge in [0.05, 0.1) is 6.20 Å². The number of aromatic nitrogens is 4. The van der Waals surface area contributed by atoms with E-state index in [1.54, 1.807) is 13.8 Å². The molecular formula is C10H11N5O2. The first kappa shape index (κ1) is 11.2. The summed E-state index contributed by atoms with van der Waals surface area (Å²) in [6.07, 6.45) is 1.30. The van der Waals surface area contributed by atoms with Crippen molar-refractivity contribution in [2.24, 2.45) is 5.92 Å². The second-order valence-corrected chi connectivity index (χ2v) is 3.90. The summed E-state index contributed by atoms with van der Waals surface area (Å²) >= 11 is 0. The van der Waals surface area contributed by atoms with Crippen molar-refractivity contribution in [2.45, 2.75) is 13.8 Å². The average Bonchev–Trinajstić information content (AvgIpc) is 2.27. The lowest BCUT2D eigenvalue weighted by atomic mass is 10.1. The van der Waals surface area contributed by atoms with Crippen molar-refractivity contribution in [3.63, 3.8) is 0 Å². The van der Waals surface area contributed by atoms with Gasteiger partial charge in [-0.25, -0.2) is 9.97 Å². The van der Waals surface area contributed by atoms with Gasteiger partial charge in [-0.05, 0) is 0 Å². The minimum Gasteiger partial charge on any atom is -0.369 e. The number of Topliss-reactive ketones (excluding diaryl/α,β-unsaturated/α-hetero) is 1. The van der Waals surface area contributed by atoms with Crippen molar-refractivity contribution in [2.75, 3.05) is 5.73 Å². The van der Waals surface area contributed by atoms with E-state index in [0.29, 0.717) is 0 Å². The zero-order chi connectivity index (χ0) is 12.6. The predicted molar refractivity (Wildman–Crippen MR) is 61.5 cm³/mol. The highest BCUT2D eigenvalue weighted by molar-refractivity contribution is 5.96. The fourth-order valence-corrected chi connectivity index (χ4v) is 1.35. The number of ketones is 1. The summed E-state index contributed by atoms with van der Waals surface area (Å²) in [5.41, 5.74) is 5.18. The number of aromatic amines is 1. The zero-order valence-electron chi connectivity index (χ0n) is 9.39. The van der Waals surface area contributed by atoms with Crippen LogP contribution in [0.2, 0.25) is 0 Å². The molecule has 0 saturated heterocycles. The van der Waals surface area contributed by atoms with Gasteiger partial charge in [-0.2, -0.15) is 4.98 Å². The summed E-state index contributed by atoms with van der Waals surface area (Å²) < 4.78 is 0. The number of fused-ring (bicyclic) bond motifs is 1. The van der Waals surface area contributed by atoms with Gasteiger partial charge in [-0.15, -0.1) is 0 Å². The van der Waals surface area contributed by atoms with Gasteiger partial charge in [-0.3, -0.25) is 14.6 Å². The number of H-pyrrole nitrogens is 1. The molecule has 17 heavy (non-hydrogen) atoms. The Morgan fingerprint density at radius 3 is 2.76 bits per heavy atom. The molecule has 0 atom stereocenters. The standard InChI is InChI=1S/C10H11N5O2/c1-4(2)7(16)5-3-12-8-6(13-5)9(17)15-10(11)14-8/h3-4H,1-2H3,(H3,11,12,14,15,17). The summed E-state index contributed by atoms with van der Waals surface area (Å²) in [7, 11) is 0. The molecule has 0 radical (unpaired) electrons. The minimum atomic E-state index is -0.501. The first-order chi connectivity index (χ1) is 7.99. The third-order valence-electron chi connectivity index (χ3n) is 2.21. The van der Waals surface area contributed by atoms with Gasteiger partial charge in [0.2, 0.25) is 5.95 Å². The highest BCUT2D eigenvalue weighted by atomic mass is 16.1. The molecule has 2 heterocycles. The highest BCUT2D eigenvalue weighted by Gasteiger charge is 2.14. The van der Waals surface area contributed by atoms with Crippen LogP contribution in [0.1, 0.15) is 24.3 Å². The summed E-state index contributed by atoms with van der Waals surface area (Å²) in [5, 5.41) is 0. The van der Waals surface area contributed by atoms with Gasteiger partial charge in [0.25, 0.3) is 5.56 Å². The molecule has 0 aliphatic rings. The van der Waals surface area contributed by atoms with Gasteiger partial charge < -0.3 is 5.73 Å². The van der Waals surface area contributed by atoms with E-state index in [2.05, 4.69) is 19.9 Å². The van der Waals surface area contributed by atoms with Crippen LogP contribution >= 0.6 is 0 Å². The van der Waals surface area contributed by atoms with E-state index in [1.165, 1.54) is 6.20 Å². The molecule has 7 nitrogen and oxygen atoms in total. The molecule has 0 aliphatic heterocycles. The van der Waals surface area contributed by atoms with E-state index < -0.39 is 5.56 Å². The molecular weight excluding hydrogens is 222 g/mol. The van der Waals surface area contributed by atoms with Crippen molar-refractivity contribution in [1.29, 1.82) is 0 Å². The quantitative estimate of drug-likeness (QED) is 0.712. The smallest absolute Gasteiger partial charge is 0.280 e. The van der Waals surface area contributed by atoms with Crippen LogP contribution in [-0.2, 0) is 0 Å². The Bertz CT molecular complexity index is 647. The Morgan fingerprint density at radius 2 is 2.12 bits per heavy atom. The Kier molecular flexibility index (Phi) is 2.58. The van der Waals surface area contributed by atoms with Crippen LogP contribution in [0.3, 0.4) is 0 Å². The number of nitrogens with two attached hydrogens (primary N) is 1. The number of hydrogen-bond acceptors (Lipinski definition) is 6. The second kappa shape index (κ2) is 3.93. The van der Waals surface area contributed by atoms with Gasteiger partial charge in [0.1, 0.15) is 5.69 Å². The first-order valence-electron chi connectivity index (χ1n) is 5.06. The normalized spacial score (nSPS) is 11.0. The van der Waals surface area contributed by atoms with Crippen molar-refractivity contribution in [3.05, 3.63) is 22.2 Å². The molecule has 0 saturated carbocycles.